The molecule has 0 aliphatic carbocycles. The lowest BCUT2D eigenvalue weighted by Gasteiger charge is -2.24. The Morgan fingerprint density at radius 1 is 1.11 bits per heavy atom. The summed E-state index contributed by atoms with van der Waals surface area (Å²) >= 11 is 0. The summed E-state index contributed by atoms with van der Waals surface area (Å²) < 4.78 is 26.4. The van der Waals surface area contributed by atoms with E-state index in [4.69, 9.17) is 0 Å². The van der Waals surface area contributed by atoms with E-state index >= 15 is 0 Å². The predicted octanol–water partition coefficient (Wildman–Crippen LogP) is 3.94. The topological polar surface area (TPSA) is 20.3 Å². The Morgan fingerprint density at radius 2 is 1.84 bits per heavy atom. The zero-order chi connectivity index (χ0) is 13.8. The predicted molar refractivity (Wildman–Crippen MR) is 70.9 cm³/mol. The Hall–Kier alpha value is -2.23. The van der Waals surface area contributed by atoms with Crippen molar-refractivity contribution in [2.75, 3.05) is 11.4 Å². The van der Waals surface area contributed by atoms with Crippen LogP contribution in [0.1, 0.15) is 17.3 Å². The number of hydrogen-bond donors (Lipinski definition) is 0. The maximum absolute atomic E-state index is 13.3. The van der Waals surface area contributed by atoms with Crippen LogP contribution in [0.3, 0.4) is 0 Å². The standard InChI is InChI=1S/C15H13F2NO/c1-2-18(14-5-3-4-12(16)9-14)15-7-6-13(17)8-11(15)10-19/h3-10H,2H2,1H3. The number of halogens is 2. The van der Waals surface area contributed by atoms with E-state index in [-0.39, 0.29) is 11.4 Å². The van der Waals surface area contributed by atoms with Gasteiger partial charge in [-0.15, -0.1) is 0 Å². The van der Waals surface area contributed by atoms with E-state index in [1.54, 1.807) is 17.0 Å². The summed E-state index contributed by atoms with van der Waals surface area (Å²) in [4.78, 5) is 12.8. The first-order valence-corrected chi connectivity index (χ1v) is 5.93. The van der Waals surface area contributed by atoms with Crippen LogP contribution in [0.5, 0.6) is 0 Å². The summed E-state index contributed by atoms with van der Waals surface area (Å²) in [6.07, 6.45) is 0.598. The molecule has 2 aromatic carbocycles. The van der Waals surface area contributed by atoms with Crippen LogP contribution in [0, 0.1) is 11.6 Å². The first-order valence-electron chi connectivity index (χ1n) is 5.93. The average Bonchev–Trinajstić information content (AvgIpc) is 2.41. The molecule has 0 aliphatic rings. The van der Waals surface area contributed by atoms with Gasteiger partial charge >= 0.3 is 0 Å². The van der Waals surface area contributed by atoms with Crippen LogP contribution in [0.25, 0.3) is 0 Å². The molecule has 19 heavy (non-hydrogen) atoms. The lowest BCUT2D eigenvalue weighted by molar-refractivity contribution is 0.112. The Bertz CT molecular complexity index is 598. The normalized spacial score (nSPS) is 10.3. The van der Waals surface area contributed by atoms with Gasteiger partial charge in [0.05, 0.1) is 5.69 Å². The molecule has 0 aliphatic heterocycles. The fourth-order valence-electron chi connectivity index (χ4n) is 2.00. The van der Waals surface area contributed by atoms with Crippen LogP contribution in [-0.2, 0) is 0 Å². The molecule has 0 spiro atoms. The monoisotopic (exact) mass is 261 g/mol. The van der Waals surface area contributed by atoms with Gasteiger partial charge in [-0.05, 0) is 43.3 Å². The molecular formula is C15H13F2NO. The molecule has 0 amide bonds. The number of carbonyl (C=O) groups excluding carboxylic acids is 1. The highest BCUT2D eigenvalue weighted by Gasteiger charge is 2.12. The van der Waals surface area contributed by atoms with Gasteiger partial charge < -0.3 is 4.90 Å². The van der Waals surface area contributed by atoms with E-state index in [1.165, 1.54) is 30.3 Å². The summed E-state index contributed by atoms with van der Waals surface area (Å²) in [5.74, 6) is -0.827. The highest BCUT2D eigenvalue weighted by molar-refractivity contribution is 5.86. The highest BCUT2D eigenvalue weighted by Crippen LogP contribution is 2.28. The van der Waals surface area contributed by atoms with E-state index in [2.05, 4.69) is 0 Å². The number of hydrogen-bond acceptors (Lipinski definition) is 2. The van der Waals surface area contributed by atoms with E-state index in [9.17, 15) is 13.6 Å². The second kappa shape index (κ2) is 5.61. The van der Waals surface area contributed by atoms with Crippen molar-refractivity contribution < 1.29 is 13.6 Å². The van der Waals surface area contributed by atoms with Crippen molar-refractivity contribution in [1.82, 2.24) is 0 Å². The maximum Gasteiger partial charge on any atom is 0.152 e. The van der Waals surface area contributed by atoms with Gasteiger partial charge in [-0.2, -0.15) is 0 Å². The minimum Gasteiger partial charge on any atom is -0.341 e. The molecule has 0 saturated carbocycles. The fourth-order valence-corrected chi connectivity index (χ4v) is 2.00. The molecule has 0 N–H and O–H groups in total. The van der Waals surface area contributed by atoms with Gasteiger partial charge in [0, 0.05) is 17.8 Å². The molecule has 2 rings (SSSR count). The molecule has 98 valence electrons. The third kappa shape index (κ3) is 2.78. The smallest absolute Gasteiger partial charge is 0.152 e. The highest BCUT2D eigenvalue weighted by atomic mass is 19.1. The van der Waals surface area contributed by atoms with E-state index in [0.717, 1.165) is 0 Å². The largest absolute Gasteiger partial charge is 0.341 e. The van der Waals surface area contributed by atoms with Crippen molar-refractivity contribution in [3.05, 3.63) is 59.7 Å². The molecule has 0 radical (unpaired) electrons. The molecule has 2 aromatic rings. The second-order valence-corrected chi connectivity index (χ2v) is 4.05. The Labute approximate surface area is 110 Å². The van der Waals surface area contributed by atoms with E-state index in [0.29, 0.717) is 24.2 Å². The van der Waals surface area contributed by atoms with Crippen molar-refractivity contribution >= 4 is 17.7 Å². The van der Waals surface area contributed by atoms with Gasteiger partial charge in [0.2, 0.25) is 0 Å². The zero-order valence-electron chi connectivity index (χ0n) is 10.4. The van der Waals surface area contributed by atoms with Crippen LogP contribution in [0.15, 0.2) is 42.5 Å². The summed E-state index contributed by atoms with van der Waals surface area (Å²) in [5, 5.41) is 0. The average molecular weight is 261 g/mol. The van der Waals surface area contributed by atoms with Crippen LogP contribution >= 0.6 is 0 Å². The summed E-state index contributed by atoms with van der Waals surface area (Å²) in [7, 11) is 0. The van der Waals surface area contributed by atoms with Gasteiger partial charge in [-0.25, -0.2) is 8.78 Å². The van der Waals surface area contributed by atoms with Crippen LogP contribution in [0.2, 0.25) is 0 Å². The molecule has 0 bridgehead atoms. The summed E-state index contributed by atoms with van der Waals surface area (Å²) in [6, 6.07) is 10.0. The van der Waals surface area contributed by atoms with Crippen LogP contribution in [-0.4, -0.2) is 12.8 Å². The fraction of sp³-hybridized carbons (Fsp3) is 0.133. The summed E-state index contributed by atoms with van der Waals surface area (Å²) in [6.45, 7) is 2.42. The maximum atomic E-state index is 13.3. The van der Waals surface area contributed by atoms with Gasteiger partial charge in [0.15, 0.2) is 6.29 Å². The number of rotatable bonds is 4. The second-order valence-electron chi connectivity index (χ2n) is 4.05. The van der Waals surface area contributed by atoms with Gasteiger partial charge in [0.1, 0.15) is 11.6 Å². The Morgan fingerprint density at radius 3 is 2.47 bits per heavy atom. The van der Waals surface area contributed by atoms with Gasteiger partial charge in [-0.3, -0.25) is 4.79 Å². The molecular weight excluding hydrogens is 248 g/mol. The summed E-state index contributed by atoms with van der Waals surface area (Å²) in [5.41, 5.74) is 1.42. The number of nitrogens with zero attached hydrogens (tertiary/aromatic N) is 1. The van der Waals surface area contributed by atoms with Crippen LogP contribution in [0.4, 0.5) is 20.2 Å². The third-order valence-corrected chi connectivity index (χ3v) is 2.84. The van der Waals surface area contributed by atoms with E-state index < -0.39 is 5.82 Å². The molecule has 4 heteroatoms. The molecule has 0 fully saturated rings. The van der Waals surface area contributed by atoms with Crippen molar-refractivity contribution in [3.8, 4) is 0 Å². The quantitative estimate of drug-likeness (QED) is 0.777. The molecule has 0 saturated heterocycles. The SMILES string of the molecule is CCN(c1cccc(F)c1)c1ccc(F)cc1C=O. The molecule has 0 aromatic heterocycles. The first kappa shape index (κ1) is 13.2. The van der Waals surface area contributed by atoms with Gasteiger partial charge in [-0.1, -0.05) is 6.07 Å². The minimum atomic E-state index is -0.471. The lowest BCUT2D eigenvalue weighted by atomic mass is 10.1. The molecule has 0 atom stereocenters. The van der Waals surface area contributed by atoms with Crippen LogP contribution < -0.4 is 4.90 Å². The Balaban J connectivity index is 2.50. The number of carbonyl (C=O) groups is 1. The minimum absolute atomic E-state index is 0.242. The number of benzene rings is 2. The lowest BCUT2D eigenvalue weighted by Crippen LogP contribution is -2.17. The van der Waals surface area contributed by atoms with Crippen molar-refractivity contribution in [1.29, 1.82) is 0 Å². The zero-order valence-corrected chi connectivity index (χ0v) is 10.4. The van der Waals surface area contributed by atoms with Crippen molar-refractivity contribution in [2.24, 2.45) is 0 Å². The van der Waals surface area contributed by atoms with Crippen molar-refractivity contribution in [2.45, 2.75) is 6.92 Å². The molecule has 0 heterocycles. The Kier molecular flexibility index (Phi) is 3.90. The first-order chi connectivity index (χ1) is 9.15. The number of aldehydes is 1. The third-order valence-electron chi connectivity index (χ3n) is 2.84. The number of anilines is 2. The molecule has 0 unspecified atom stereocenters. The van der Waals surface area contributed by atoms with Crippen molar-refractivity contribution in [3.63, 3.8) is 0 Å². The van der Waals surface area contributed by atoms with Gasteiger partial charge in [0.25, 0.3) is 0 Å². The molecule has 2 nitrogen and oxygen atoms in total. The van der Waals surface area contributed by atoms with E-state index in [1.807, 2.05) is 6.92 Å².